The zero-order valence-corrected chi connectivity index (χ0v) is 13.7. The smallest absolute Gasteiger partial charge is 0.191 e. The summed E-state index contributed by atoms with van der Waals surface area (Å²) in [6.45, 7) is 3.66. The number of nitrogens with zero attached hydrogens (tertiary/aromatic N) is 2. The first-order valence-corrected chi connectivity index (χ1v) is 8.13. The third-order valence-electron chi connectivity index (χ3n) is 3.43. The van der Waals surface area contributed by atoms with Crippen molar-refractivity contribution in [3.8, 4) is 6.07 Å². The quantitative estimate of drug-likeness (QED) is 0.659. The first-order chi connectivity index (χ1) is 10.7. The number of benzene rings is 1. The SMILES string of the molecule is CN=C(NCc1cccc(C#N)c1)NCC(C)c1ccsc1. The molecule has 4 nitrogen and oxygen atoms in total. The summed E-state index contributed by atoms with van der Waals surface area (Å²) in [5.74, 6) is 1.20. The normalized spacial score (nSPS) is 12.5. The second-order valence-corrected chi connectivity index (χ2v) is 5.86. The van der Waals surface area contributed by atoms with Crippen LogP contribution >= 0.6 is 11.3 Å². The number of thiophene rings is 1. The Balaban J connectivity index is 1.84. The van der Waals surface area contributed by atoms with E-state index in [1.54, 1.807) is 24.5 Å². The van der Waals surface area contributed by atoms with Crippen molar-refractivity contribution in [2.75, 3.05) is 13.6 Å². The van der Waals surface area contributed by atoms with Crippen molar-refractivity contribution in [3.05, 3.63) is 57.8 Å². The average Bonchev–Trinajstić information content (AvgIpc) is 3.09. The molecule has 1 unspecified atom stereocenters. The molecule has 5 heteroatoms. The van der Waals surface area contributed by atoms with Crippen molar-refractivity contribution in [1.29, 1.82) is 5.26 Å². The van der Waals surface area contributed by atoms with E-state index < -0.39 is 0 Å². The van der Waals surface area contributed by atoms with E-state index in [1.807, 2.05) is 18.2 Å². The Bertz CT molecular complexity index is 656. The highest BCUT2D eigenvalue weighted by Crippen LogP contribution is 2.16. The molecule has 22 heavy (non-hydrogen) atoms. The van der Waals surface area contributed by atoms with Crippen molar-refractivity contribution < 1.29 is 0 Å². The minimum Gasteiger partial charge on any atom is -0.356 e. The van der Waals surface area contributed by atoms with Crippen LogP contribution in [0, 0.1) is 11.3 Å². The van der Waals surface area contributed by atoms with Crippen LogP contribution in [0.4, 0.5) is 0 Å². The van der Waals surface area contributed by atoms with Gasteiger partial charge in [-0.3, -0.25) is 4.99 Å². The lowest BCUT2D eigenvalue weighted by Crippen LogP contribution is -2.38. The monoisotopic (exact) mass is 312 g/mol. The van der Waals surface area contributed by atoms with E-state index in [4.69, 9.17) is 5.26 Å². The van der Waals surface area contributed by atoms with Crippen LogP contribution in [-0.4, -0.2) is 19.6 Å². The molecule has 0 amide bonds. The van der Waals surface area contributed by atoms with E-state index in [1.165, 1.54) is 5.56 Å². The fourth-order valence-electron chi connectivity index (χ4n) is 2.08. The molecule has 0 aliphatic rings. The maximum atomic E-state index is 8.92. The molecule has 1 aromatic heterocycles. The first kappa shape index (κ1) is 16.1. The highest BCUT2D eigenvalue weighted by Gasteiger charge is 2.07. The lowest BCUT2D eigenvalue weighted by atomic mass is 10.1. The number of rotatable bonds is 5. The number of nitrogens with one attached hydrogen (secondary N) is 2. The van der Waals surface area contributed by atoms with Crippen molar-refractivity contribution in [3.63, 3.8) is 0 Å². The van der Waals surface area contributed by atoms with Crippen LogP contribution in [-0.2, 0) is 6.54 Å². The molecule has 0 aliphatic heterocycles. The number of aliphatic imine (C=N–C) groups is 1. The van der Waals surface area contributed by atoms with Gasteiger partial charge in [0.05, 0.1) is 11.6 Å². The van der Waals surface area contributed by atoms with E-state index in [0.29, 0.717) is 18.0 Å². The first-order valence-electron chi connectivity index (χ1n) is 7.18. The van der Waals surface area contributed by atoms with Gasteiger partial charge in [-0.25, -0.2) is 0 Å². The van der Waals surface area contributed by atoms with E-state index in [9.17, 15) is 0 Å². The molecule has 0 spiro atoms. The van der Waals surface area contributed by atoms with Gasteiger partial charge in [-0.1, -0.05) is 19.1 Å². The summed E-state index contributed by atoms with van der Waals surface area (Å²) in [6, 6.07) is 11.9. The van der Waals surface area contributed by atoms with Gasteiger partial charge < -0.3 is 10.6 Å². The van der Waals surface area contributed by atoms with Gasteiger partial charge in [0.2, 0.25) is 0 Å². The molecule has 0 aliphatic carbocycles. The maximum absolute atomic E-state index is 8.92. The van der Waals surface area contributed by atoms with Gasteiger partial charge in [0.15, 0.2) is 5.96 Å². The summed E-state index contributed by atoms with van der Waals surface area (Å²) in [7, 11) is 1.76. The molecule has 2 aromatic rings. The van der Waals surface area contributed by atoms with Gasteiger partial charge in [-0.15, -0.1) is 0 Å². The van der Waals surface area contributed by atoms with Crippen LogP contribution in [0.5, 0.6) is 0 Å². The van der Waals surface area contributed by atoms with Crippen molar-refractivity contribution in [2.24, 2.45) is 4.99 Å². The topological polar surface area (TPSA) is 60.2 Å². The van der Waals surface area contributed by atoms with E-state index in [2.05, 4.69) is 45.4 Å². The Kier molecular flexibility index (Phi) is 5.99. The summed E-state index contributed by atoms with van der Waals surface area (Å²) >= 11 is 1.72. The van der Waals surface area contributed by atoms with Gasteiger partial charge in [0.25, 0.3) is 0 Å². The lowest BCUT2D eigenvalue weighted by Gasteiger charge is -2.15. The number of guanidine groups is 1. The molecule has 1 atom stereocenters. The molecule has 1 heterocycles. The van der Waals surface area contributed by atoms with Gasteiger partial charge in [0.1, 0.15) is 0 Å². The highest BCUT2D eigenvalue weighted by atomic mass is 32.1. The summed E-state index contributed by atoms with van der Waals surface area (Å²) < 4.78 is 0. The Morgan fingerprint density at radius 2 is 2.23 bits per heavy atom. The van der Waals surface area contributed by atoms with Gasteiger partial charge in [-0.05, 0) is 46.0 Å². The van der Waals surface area contributed by atoms with Crippen LogP contribution in [0.15, 0.2) is 46.1 Å². The predicted octanol–water partition coefficient (Wildman–Crippen LogP) is 3.09. The third-order valence-corrected chi connectivity index (χ3v) is 4.13. The van der Waals surface area contributed by atoms with Crippen LogP contribution in [0.2, 0.25) is 0 Å². The minimum atomic E-state index is 0.437. The average molecular weight is 312 g/mol. The van der Waals surface area contributed by atoms with Gasteiger partial charge in [0, 0.05) is 20.1 Å². The standard InChI is InChI=1S/C17H20N4S/c1-13(16-6-7-22-12-16)10-20-17(19-2)21-11-15-5-3-4-14(8-15)9-18/h3-8,12-13H,10-11H2,1-2H3,(H2,19,20,21). The molecule has 0 radical (unpaired) electrons. The fourth-order valence-corrected chi connectivity index (χ4v) is 2.86. The molecular formula is C17H20N4S. The van der Waals surface area contributed by atoms with E-state index >= 15 is 0 Å². The van der Waals surface area contributed by atoms with E-state index in [0.717, 1.165) is 18.1 Å². The van der Waals surface area contributed by atoms with Crippen molar-refractivity contribution >= 4 is 17.3 Å². The number of hydrogen-bond donors (Lipinski definition) is 2. The van der Waals surface area contributed by atoms with Crippen LogP contribution in [0.3, 0.4) is 0 Å². The molecular weight excluding hydrogens is 292 g/mol. The summed E-state index contributed by atoms with van der Waals surface area (Å²) in [6.07, 6.45) is 0. The Hall–Kier alpha value is -2.32. The molecule has 0 saturated carbocycles. The van der Waals surface area contributed by atoms with Crippen LogP contribution in [0.1, 0.15) is 29.5 Å². The largest absolute Gasteiger partial charge is 0.356 e. The Morgan fingerprint density at radius 3 is 2.91 bits per heavy atom. The maximum Gasteiger partial charge on any atom is 0.191 e. The van der Waals surface area contributed by atoms with E-state index in [-0.39, 0.29) is 0 Å². The number of hydrogen-bond acceptors (Lipinski definition) is 3. The fraction of sp³-hybridized carbons (Fsp3) is 0.294. The predicted molar refractivity (Wildman–Crippen MR) is 92.1 cm³/mol. The Labute approximate surface area is 135 Å². The summed E-state index contributed by atoms with van der Waals surface area (Å²) in [5, 5.41) is 19.8. The molecule has 2 N–H and O–H groups in total. The van der Waals surface area contributed by atoms with Crippen LogP contribution in [0.25, 0.3) is 0 Å². The molecule has 2 rings (SSSR count). The van der Waals surface area contributed by atoms with Gasteiger partial charge >= 0.3 is 0 Å². The molecule has 1 aromatic carbocycles. The van der Waals surface area contributed by atoms with Crippen LogP contribution < -0.4 is 10.6 Å². The summed E-state index contributed by atoms with van der Waals surface area (Å²) in [4.78, 5) is 4.23. The van der Waals surface area contributed by atoms with Crippen molar-refractivity contribution in [1.82, 2.24) is 10.6 Å². The third kappa shape index (κ3) is 4.61. The molecule has 0 bridgehead atoms. The second-order valence-electron chi connectivity index (χ2n) is 5.08. The molecule has 0 saturated heterocycles. The van der Waals surface area contributed by atoms with Gasteiger partial charge in [-0.2, -0.15) is 16.6 Å². The zero-order valence-electron chi connectivity index (χ0n) is 12.8. The lowest BCUT2D eigenvalue weighted by molar-refractivity contribution is 0.701. The highest BCUT2D eigenvalue weighted by molar-refractivity contribution is 7.07. The minimum absolute atomic E-state index is 0.437. The Morgan fingerprint density at radius 1 is 1.36 bits per heavy atom. The second kappa shape index (κ2) is 8.20. The zero-order chi connectivity index (χ0) is 15.8. The number of nitriles is 1. The molecule has 114 valence electrons. The van der Waals surface area contributed by atoms with Crippen molar-refractivity contribution in [2.45, 2.75) is 19.4 Å². The molecule has 0 fully saturated rings. The summed E-state index contributed by atoms with van der Waals surface area (Å²) in [5.41, 5.74) is 3.08.